The molecule has 0 saturated carbocycles. The smallest absolute Gasteiger partial charge is 0.271 e. The summed E-state index contributed by atoms with van der Waals surface area (Å²) in [5.41, 5.74) is 3.12. The Labute approximate surface area is 156 Å². The van der Waals surface area contributed by atoms with Gasteiger partial charge in [-0.1, -0.05) is 35.9 Å². The molecule has 7 heteroatoms. The molecule has 0 aliphatic carbocycles. The van der Waals surface area contributed by atoms with Gasteiger partial charge in [-0.3, -0.25) is 9.48 Å². The summed E-state index contributed by atoms with van der Waals surface area (Å²) in [6.45, 7) is 4.22. The lowest BCUT2D eigenvalue weighted by Crippen LogP contribution is -2.25. The number of pyridine rings is 1. The fraction of sp³-hybridized carbons (Fsp3) is 0.211. The van der Waals surface area contributed by atoms with Crippen molar-refractivity contribution >= 4 is 17.5 Å². The molecule has 0 unspecified atom stereocenters. The third-order valence-electron chi connectivity index (χ3n) is 4.01. The largest absolute Gasteiger partial charge is 0.438 e. The van der Waals surface area contributed by atoms with E-state index in [2.05, 4.69) is 15.4 Å². The van der Waals surface area contributed by atoms with Crippen molar-refractivity contribution in [3.63, 3.8) is 0 Å². The van der Waals surface area contributed by atoms with Crippen LogP contribution < -0.4 is 10.1 Å². The molecule has 2 heterocycles. The highest BCUT2D eigenvalue weighted by Crippen LogP contribution is 2.29. The molecule has 0 radical (unpaired) electrons. The van der Waals surface area contributed by atoms with E-state index in [9.17, 15) is 4.79 Å². The summed E-state index contributed by atoms with van der Waals surface area (Å²) in [5, 5.41) is 7.11. The van der Waals surface area contributed by atoms with E-state index in [1.165, 1.54) is 10.9 Å². The molecular weight excluding hydrogens is 352 g/mol. The Morgan fingerprint density at radius 1 is 1.23 bits per heavy atom. The normalized spacial score (nSPS) is 10.6. The first-order chi connectivity index (χ1) is 12.5. The Morgan fingerprint density at radius 3 is 2.62 bits per heavy atom. The van der Waals surface area contributed by atoms with E-state index in [4.69, 9.17) is 16.3 Å². The van der Waals surface area contributed by atoms with E-state index in [1.54, 1.807) is 19.3 Å². The lowest BCUT2D eigenvalue weighted by molar-refractivity contribution is 0.0941. The summed E-state index contributed by atoms with van der Waals surface area (Å²) >= 11 is 6.01. The minimum atomic E-state index is -0.308. The Morgan fingerprint density at radius 2 is 1.96 bits per heavy atom. The van der Waals surface area contributed by atoms with Gasteiger partial charge in [-0.2, -0.15) is 5.10 Å². The molecule has 0 atom stereocenters. The molecule has 6 nitrogen and oxygen atoms in total. The van der Waals surface area contributed by atoms with Crippen LogP contribution in [0.3, 0.4) is 0 Å². The molecule has 0 fully saturated rings. The molecule has 134 valence electrons. The van der Waals surface area contributed by atoms with Gasteiger partial charge in [0, 0.05) is 25.4 Å². The second-order valence-electron chi connectivity index (χ2n) is 5.94. The molecule has 0 spiro atoms. The zero-order valence-corrected chi connectivity index (χ0v) is 15.5. The summed E-state index contributed by atoms with van der Waals surface area (Å²) in [6.07, 6.45) is 3.10. The maximum absolute atomic E-state index is 12.4. The number of nitrogens with one attached hydrogen (secondary N) is 1. The van der Waals surface area contributed by atoms with Gasteiger partial charge in [0.15, 0.2) is 0 Å². The van der Waals surface area contributed by atoms with Crippen LogP contribution in [-0.2, 0) is 13.6 Å². The fourth-order valence-corrected chi connectivity index (χ4v) is 2.88. The number of amides is 1. The zero-order chi connectivity index (χ0) is 18.7. The summed E-state index contributed by atoms with van der Waals surface area (Å²) in [7, 11) is 1.67. The number of aromatic nitrogens is 3. The average Bonchev–Trinajstić information content (AvgIpc) is 2.95. The second kappa shape index (κ2) is 7.58. The van der Waals surface area contributed by atoms with Crippen LogP contribution in [0.1, 0.15) is 27.2 Å². The predicted molar refractivity (Wildman–Crippen MR) is 99.6 cm³/mol. The van der Waals surface area contributed by atoms with Gasteiger partial charge < -0.3 is 10.1 Å². The summed E-state index contributed by atoms with van der Waals surface area (Å²) in [4.78, 5) is 16.7. The van der Waals surface area contributed by atoms with Gasteiger partial charge in [-0.05, 0) is 31.0 Å². The first-order valence-electron chi connectivity index (χ1n) is 8.11. The van der Waals surface area contributed by atoms with Crippen LogP contribution in [0.2, 0.25) is 5.02 Å². The number of hydrogen-bond donors (Lipinski definition) is 1. The lowest BCUT2D eigenvalue weighted by Gasteiger charge is -2.14. The highest BCUT2D eigenvalue weighted by molar-refractivity contribution is 6.33. The van der Waals surface area contributed by atoms with Gasteiger partial charge in [0.25, 0.3) is 5.91 Å². The quantitative estimate of drug-likeness (QED) is 0.741. The van der Waals surface area contributed by atoms with Gasteiger partial charge >= 0.3 is 0 Å². The molecule has 1 N–H and O–H groups in total. The van der Waals surface area contributed by atoms with E-state index < -0.39 is 0 Å². The van der Waals surface area contributed by atoms with Gasteiger partial charge in [0.1, 0.15) is 11.4 Å². The number of rotatable bonds is 5. The maximum Gasteiger partial charge on any atom is 0.271 e. The van der Waals surface area contributed by atoms with Crippen molar-refractivity contribution in [1.29, 1.82) is 0 Å². The molecule has 2 aromatic heterocycles. The van der Waals surface area contributed by atoms with Crippen molar-refractivity contribution in [1.82, 2.24) is 20.1 Å². The molecule has 3 aromatic rings. The Kier molecular flexibility index (Phi) is 5.23. The van der Waals surface area contributed by atoms with Crippen molar-refractivity contribution < 1.29 is 9.53 Å². The van der Waals surface area contributed by atoms with Gasteiger partial charge in [-0.15, -0.1) is 0 Å². The van der Waals surface area contributed by atoms with Gasteiger partial charge in [0.05, 0.1) is 11.2 Å². The van der Waals surface area contributed by atoms with Crippen LogP contribution in [0.4, 0.5) is 0 Å². The summed E-state index contributed by atoms with van der Waals surface area (Å²) in [5.74, 6) is 0.923. The highest BCUT2D eigenvalue weighted by Gasteiger charge is 2.16. The van der Waals surface area contributed by atoms with Crippen molar-refractivity contribution in [3.05, 3.63) is 70.1 Å². The van der Waals surface area contributed by atoms with Crippen molar-refractivity contribution in [2.45, 2.75) is 20.4 Å². The second-order valence-corrected chi connectivity index (χ2v) is 6.35. The number of benzene rings is 1. The van der Waals surface area contributed by atoms with E-state index in [-0.39, 0.29) is 12.5 Å². The number of carbonyl (C=O) groups excluding carboxylic acids is 1. The Balaban J connectivity index is 1.79. The highest BCUT2D eigenvalue weighted by atomic mass is 35.5. The van der Waals surface area contributed by atoms with Crippen LogP contribution in [0, 0.1) is 13.8 Å². The first kappa shape index (κ1) is 17.9. The predicted octanol–water partition coefficient (Wildman–Crippen LogP) is 3.81. The monoisotopic (exact) mass is 370 g/mol. The standard InChI is InChI=1S/C19H19ClN4O2/c1-12-6-4-7-13(2)17(12)26-19-14(8-5-9-21-19)10-22-18(25)16-15(20)11-23-24(16)3/h4-9,11H,10H2,1-3H3,(H,22,25). The van der Waals surface area contributed by atoms with E-state index in [1.807, 2.05) is 38.1 Å². The summed E-state index contributed by atoms with van der Waals surface area (Å²) in [6, 6.07) is 9.61. The zero-order valence-electron chi connectivity index (χ0n) is 14.8. The molecule has 26 heavy (non-hydrogen) atoms. The third-order valence-corrected chi connectivity index (χ3v) is 4.28. The molecule has 0 saturated heterocycles. The van der Waals surface area contributed by atoms with E-state index in [0.717, 1.165) is 22.4 Å². The lowest BCUT2D eigenvalue weighted by atomic mass is 10.1. The number of ether oxygens (including phenoxy) is 1. The van der Waals surface area contributed by atoms with Crippen LogP contribution in [0.15, 0.2) is 42.7 Å². The third kappa shape index (κ3) is 3.70. The van der Waals surface area contributed by atoms with E-state index >= 15 is 0 Å². The van der Waals surface area contributed by atoms with Crippen LogP contribution in [-0.4, -0.2) is 20.7 Å². The van der Waals surface area contributed by atoms with Crippen molar-refractivity contribution in [2.24, 2.45) is 7.05 Å². The number of carbonyl (C=O) groups is 1. The average molecular weight is 371 g/mol. The number of aryl methyl sites for hydroxylation is 3. The number of nitrogens with zero attached hydrogens (tertiary/aromatic N) is 3. The summed E-state index contributed by atoms with van der Waals surface area (Å²) < 4.78 is 7.47. The minimum absolute atomic E-state index is 0.258. The fourth-order valence-electron chi connectivity index (χ4n) is 2.63. The molecule has 0 bridgehead atoms. The van der Waals surface area contributed by atoms with E-state index in [0.29, 0.717) is 16.6 Å². The maximum atomic E-state index is 12.4. The Bertz CT molecular complexity index is 913. The molecule has 1 amide bonds. The van der Waals surface area contributed by atoms with Crippen LogP contribution >= 0.6 is 11.6 Å². The molecule has 3 rings (SSSR count). The topological polar surface area (TPSA) is 69.0 Å². The first-order valence-corrected chi connectivity index (χ1v) is 8.49. The van der Waals surface area contributed by atoms with Gasteiger partial charge in [0.2, 0.25) is 5.88 Å². The van der Waals surface area contributed by atoms with Crippen molar-refractivity contribution in [2.75, 3.05) is 0 Å². The number of hydrogen-bond acceptors (Lipinski definition) is 4. The number of para-hydroxylation sites is 1. The van der Waals surface area contributed by atoms with Crippen LogP contribution in [0.5, 0.6) is 11.6 Å². The molecule has 0 aliphatic rings. The molecular formula is C19H19ClN4O2. The molecule has 0 aliphatic heterocycles. The Hall–Kier alpha value is -2.86. The number of halogens is 1. The minimum Gasteiger partial charge on any atom is -0.438 e. The van der Waals surface area contributed by atoms with Crippen molar-refractivity contribution in [3.8, 4) is 11.6 Å². The molecule has 1 aromatic carbocycles. The van der Waals surface area contributed by atoms with Crippen LogP contribution in [0.25, 0.3) is 0 Å². The van der Waals surface area contributed by atoms with Gasteiger partial charge in [-0.25, -0.2) is 4.98 Å². The SMILES string of the molecule is Cc1cccc(C)c1Oc1ncccc1CNC(=O)c1c(Cl)cnn1C.